The van der Waals surface area contributed by atoms with E-state index in [0.717, 1.165) is 11.3 Å². The van der Waals surface area contributed by atoms with Gasteiger partial charge in [-0.3, -0.25) is 4.98 Å². The van der Waals surface area contributed by atoms with E-state index in [0.29, 0.717) is 12.3 Å². The van der Waals surface area contributed by atoms with Crippen molar-refractivity contribution in [2.24, 2.45) is 5.16 Å². The van der Waals surface area contributed by atoms with Crippen molar-refractivity contribution in [2.75, 3.05) is 13.2 Å². The summed E-state index contributed by atoms with van der Waals surface area (Å²) >= 11 is 0. The molecule has 0 radical (unpaired) electrons. The zero-order valence-corrected chi connectivity index (χ0v) is 14.4. The molecule has 1 aromatic carbocycles. The van der Waals surface area contributed by atoms with Gasteiger partial charge in [-0.1, -0.05) is 41.6 Å². The normalized spacial score (nSPS) is 13.6. The van der Waals surface area contributed by atoms with Crippen LogP contribution in [0.25, 0.3) is 0 Å². The largest absolute Gasteiger partial charge is 0.392 e. The van der Waals surface area contributed by atoms with E-state index in [1.807, 2.05) is 69.3 Å². The summed E-state index contributed by atoms with van der Waals surface area (Å²) in [4.78, 5) is 9.73. The number of aliphatic hydroxyl groups is 1. The van der Waals surface area contributed by atoms with Crippen LogP contribution in [0, 0.1) is 0 Å². The first kappa shape index (κ1) is 18.1. The van der Waals surface area contributed by atoms with Gasteiger partial charge in [0.2, 0.25) is 0 Å². The van der Waals surface area contributed by atoms with Crippen LogP contribution in [0.4, 0.5) is 0 Å². The maximum Gasteiger partial charge on any atom is 0.144 e. The van der Waals surface area contributed by atoms with Gasteiger partial charge in [0.1, 0.15) is 18.4 Å². The minimum atomic E-state index is -0.631. The smallest absolute Gasteiger partial charge is 0.144 e. The first-order chi connectivity index (χ1) is 11.5. The molecule has 5 heteroatoms. The van der Waals surface area contributed by atoms with E-state index >= 15 is 0 Å². The van der Waals surface area contributed by atoms with Gasteiger partial charge in [-0.25, -0.2) is 0 Å². The van der Waals surface area contributed by atoms with Crippen LogP contribution in [0.15, 0.2) is 59.9 Å². The molecule has 0 spiro atoms. The van der Waals surface area contributed by atoms with Crippen LogP contribution in [0.2, 0.25) is 0 Å². The Bertz CT molecular complexity index is 595. The van der Waals surface area contributed by atoms with Gasteiger partial charge in [0.15, 0.2) is 0 Å². The van der Waals surface area contributed by atoms with Crippen LogP contribution < -0.4 is 5.32 Å². The number of aromatic nitrogens is 1. The van der Waals surface area contributed by atoms with Gasteiger partial charge in [-0.05, 0) is 32.9 Å². The molecule has 2 rings (SSSR count). The summed E-state index contributed by atoms with van der Waals surface area (Å²) in [5.74, 6) is 0. The molecule has 0 saturated heterocycles. The van der Waals surface area contributed by atoms with Gasteiger partial charge in [-0.2, -0.15) is 0 Å². The van der Waals surface area contributed by atoms with E-state index < -0.39 is 6.10 Å². The number of rotatable bonds is 7. The fourth-order valence-electron chi connectivity index (χ4n) is 2.02. The third kappa shape index (κ3) is 6.10. The monoisotopic (exact) mass is 327 g/mol. The average molecular weight is 327 g/mol. The van der Waals surface area contributed by atoms with Gasteiger partial charge in [0.05, 0.1) is 5.69 Å². The number of β-amino-alcohol motifs (C(OH)–C–C–N with tert-alkyl or cyclic N) is 1. The fraction of sp³-hybridized carbons (Fsp3) is 0.368. The lowest BCUT2D eigenvalue weighted by Crippen LogP contribution is -2.42. The number of hydrogen-bond donors (Lipinski definition) is 2. The molecule has 1 heterocycles. The first-order valence-corrected chi connectivity index (χ1v) is 8.05. The second-order valence-electron chi connectivity index (χ2n) is 6.60. The van der Waals surface area contributed by atoms with Crippen molar-refractivity contribution in [3.05, 3.63) is 66.0 Å². The lowest BCUT2D eigenvalue weighted by molar-refractivity contribution is 0.0374. The number of nitrogens with one attached hydrogen (secondary N) is 1. The van der Waals surface area contributed by atoms with Crippen molar-refractivity contribution in [1.29, 1.82) is 0 Å². The Morgan fingerprint density at radius 2 is 1.88 bits per heavy atom. The van der Waals surface area contributed by atoms with E-state index in [4.69, 9.17) is 4.84 Å². The lowest BCUT2D eigenvalue weighted by atomic mass is 10.1. The highest BCUT2D eigenvalue weighted by atomic mass is 16.6. The summed E-state index contributed by atoms with van der Waals surface area (Å²) < 4.78 is 0. The Morgan fingerprint density at radius 3 is 2.50 bits per heavy atom. The Labute approximate surface area is 143 Å². The SMILES string of the molecule is CC(C)(C)NC[C@H](O)CO/N=C(/c1ccccc1)c1ccccn1. The van der Waals surface area contributed by atoms with Gasteiger partial charge in [0.25, 0.3) is 0 Å². The second kappa shape index (κ2) is 8.57. The second-order valence-corrected chi connectivity index (χ2v) is 6.60. The van der Waals surface area contributed by atoms with E-state index in [1.54, 1.807) is 6.20 Å². The molecular formula is C19H25N3O2. The van der Waals surface area contributed by atoms with Crippen LogP contribution in [0.5, 0.6) is 0 Å². The summed E-state index contributed by atoms with van der Waals surface area (Å²) in [5.41, 5.74) is 2.24. The zero-order chi connectivity index (χ0) is 17.4. The van der Waals surface area contributed by atoms with Crippen LogP contribution in [-0.2, 0) is 4.84 Å². The topological polar surface area (TPSA) is 66.7 Å². The highest BCUT2D eigenvalue weighted by Crippen LogP contribution is 2.09. The van der Waals surface area contributed by atoms with Crippen molar-refractivity contribution in [2.45, 2.75) is 32.4 Å². The molecule has 0 saturated carbocycles. The molecule has 2 N–H and O–H groups in total. The number of aliphatic hydroxyl groups excluding tert-OH is 1. The first-order valence-electron chi connectivity index (χ1n) is 8.05. The van der Waals surface area contributed by atoms with E-state index in [2.05, 4.69) is 15.5 Å². The average Bonchev–Trinajstić information content (AvgIpc) is 2.58. The molecule has 24 heavy (non-hydrogen) atoms. The van der Waals surface area contributed by atoms with Gasteiger partial charge in [0, 0.05) is 23.8 Å². The molecular weight excluding hydrogens is 302 g/mol. The van der Waals surface area contributed by atoms with E-state index in [9.17, 15) is 5.11 Å². The fourth-order valence-corrected chi connectivity index (χ4v) is 2.02. The van der Waals surface area contributed by atoms with E-state index in [-0.39, 0.29) is 12.1 Å². The summed E-state index contributed by atoms with van der Waals surface area (Å²) in [6.45, 7) is 6.71. The third-order valence-electron chi connectivity index (χ3n) is 3.25. The molecule has 0 unspecified atom stereocenters. The van der Waals surface area contributed by atoms with Crippen LogP contribution >= 0.6 is 0 Å². The number of pyridine rings is 1. The van der Waals surface area contributed by atoms with E-state index in [1.165, 1.54) is 0 Å². The number of benzene rings is 1. The highest BCUT2D eigenvalue weighted by molar-refractivity contribution is 6.11. The maximum atomic E-state index is 9.99. The Balaban J connectivity index is 2.04. The minimum Gasteiger partial charge on any atom is -0.392 e. The molecule has 0 bridgehead atoms. The van der Waals surface area contributed by atoms with Gasteiger partial charge >= 0.3 is 0 Å². The zero-order valence-electron chi connectivity index (χ0n) is 14.4. The quantitative estimate of drug-likeness (QED) is 0.606. The van der Waals surface area contributed by atoms with Crippen molar-refractivity contribution < 1.29 is 9.94 Å². The summed E-state index contributed by atoms with van der Waals surface area (Å²) in [7, 11) is 0. The molecule has 128 valence electrons. The standard InChI is InChI=1S/C19H25N3O2/c1-19(2,3)21-13-16(23)14-24-22-18(15-9-5-4-6-10-15)17-11-7-8-12-20-17/h4-12,16,21,23H,13-14H2,1-3H3/b22-18-/t16-/m0/s1. The lowest BCUT2D eigenvalue weighted by Gasteiger charge is -2.22. The summed E-state index contributed by atoms with van der Waals surface area (Å²) in [5, 5.41) is 17.4. The summed E-state index contributed by atoms with van der Waals surface area (Å²) in [6.07, 6.45) is 1.09. The maximum absolute atomic E-state index is 9.99. The molecule has 2 aromatic rings. The number of hydrogen-bond acceptors (Lipinski definition) is 5. The minimum absolute atomic E-state index is 0.0482. The van der Waals surface area contributed by atoms with Crippen molar-refractivity contribution >= 4 is 5.71 Å². The molecule has 5 nitrogen and oxygen atoms in total. The number of oxime groups is 1. The van der Waals surface area contributed by atoms with Crippen molar-refractivity contribution in [1.82, 2.24) is 10.3 Å². The Kier molecular flexibility index (Phi) is 6.46. The van der Waals surface area contributed by atoms with Crippen LogP contribution in [-0.4, -0.2) is 40.6 Å². The van der Waals surface area contributed by atoms with Crippen molar-refractivity contribution in [3.63, 3.8) is 0 Å². The molecule has 0 fully saturated rings. The molecule has 1 atom stereocenters. The third-order valence-corrected chi connectivity index (χ3v) is 3.25. The number of nitrogens with zero attached hydrogens (tertiary/aromatic N) is 2. The van der Waals surface area contributed by atoms with Crippen LogP contribution in [0.1, 0.15) is 32.0 Å². The Morgan fingerprint density at radius 1 is 1.17 bits per heavy atom. The highest BCUT2D eigenvalue weighted by Gasteiger charge is 2.13. The van der Waals surface area contributed by atoms with Gasteiger partial charge in [-0.15, -0.1) is 0 Å². The predicted octanol–water partition coefficient (Wildman–Crippen LogP) is 2.60. The molecule has 1 aromatic heterocycles. The molecule has 0 amide bonds. The molecule has 0 aliphatic rings. The molecule has 0 aliphatic carbocycles. The van der Waals surface area contributed by atoms with Crippen molar-refractivity contribution in [3.8, 4) is 0 Å². The predicted molar refractivity (Wildman–Crippen MR) is 96.0 cm³/mol. The molecule has 0 aliphatic heterocycles. The Hall–Kier alpha value is -2.24. The van der Waals surface area contributed by atoms with Crippen LogP contribution in [0.3, 0.4) is 0 Å². The van der Waals surface area contributed by atoms with Gasteiger partial charge < -0.3 is 15.3 Å². The summed E-state index contributed by atoms with van der Waals surface area (Å²) in [6, 6.07) is 15.4.